The maximum absolute atomic E-state index is 8.71. The highest BCUT2D eigenvalue weighted by Crippen LogP contribution is 2.29. The van der Waals surface area contributed by atoms with Crippen molar-refractivity contribution in [3.63, 3.8) is 0 Å². The molecule has 1 aromatic carbocycles. The van der Waals surface area contributed by atoms with E-state index in [0.29, 0.717) is 11.4 Å². The van der Waals surface area contributed by atoms with Crippen LogP contribution in [0.2, 0.25) is 0 Å². The van der Waals surface area contributed by atoms with E-state index in [4.69, 9.17) is 9.84 Å². The van der Waals surface area contributed by atoms with Gasteiger partial charge in [-0.1, -0.05) is 17.9 Å². The van der Waals surface area contributed by atoms with Gasteiger partial charge in [-0.3, -0.25) is 4.90 Å². The summed E-state index contributed by atoms with van der Waals surface area (Å²) in [6, 6.07) is 7.70. The van der Waals surface area contributed by atoms with Gasteiger partial charge < -0.3 is 9.84 Å². The summed E-state index contributed by atoms with van der Waals surface area (Å²) in [5.74, 6) is 7.57. The first-order valence-corrected chi connectivity index (χ1v) is 8.26. The van der Waals surface area contributed by atoms with Gasteiger partial charge in [0.2, 0.25) is 0 Å². The number of benzene rings is 1. The van der Waals surface area contributed by atoms with Gasteiger partial charge in [0, 0.05) is 35.7 Å². The molecule has 0 spiro atoms. The van der Waals surface area contributed by atoms with Crippen LogP contribution in [0, 0.1) is 11.8 Å². The van der Waals surface area contributed by atoms with Crippen molar-refractivity contribution in [2.75, 3.05) is 38.6 Å². The van der Waals surface area contributed by atoms with Crippen molar-refractivity contribution in [2.45, 2.75) is 18.6 Å². The fourth-order valence-electron chi connectivity index (χ4n) is 2.40. The summed E-state index contributed by atoms with van der Waals surface area (Å²) >= 11 is 2.05. The van der Waals surface area contributed by atoms with Crippen molar-refractivity contribution in [3.8, 4) is 17.6 Å². The molecule has 0 amide bonds. The lowest BCUT2D eigenvalue weighted by atomic mass is 10.2. The number of hydrogen-bond acceptors (Lipinski definition) is 4. The Labute approximate surface area is 131 Å². The molecule has 1 fully saturated rings. The molecule has 1 aromatic rings. The topological polar surface area (TPSA) is 32.7 Å². The summed E-state index contributed by atoms with van der Waals surface area (Å²) in [5, 5.41) is 8.71. The second-order valence-corrected chi connectivity index (χ2v) is 7.52. The van der Waals surface area contributed by atoms with Crippen LogP contribution in [0.1, 0.15) is 19.4 Å². The lowest BCUT2D eigenvalue weighted by molar-refractivity contribution is 0.202. The minimum Gasteiger partial charge on any atom is -0.492 e. The Morgan fingerprint density at radius 3 is 3.05 bits per heavy atom. The molecular weight excluding hydrogens is 282 g/mol. The van der Waals surface area contributed by atoms with Gasteiger partial charge in [0.1, 0.15) is 19.0 Å². The quantitative estimate of drug-likeness (QED) is 0.865. The first-order chi connectivity index (χ1) is 10.1. The Morgan fingerprint density at radius 2 is 2.29 bits per heavy atom. The Morgan fingerprint density at radius 1 is 1.43 bits per heavy atom. The van der Waals surface area contributed by atoms with Crippen LogP contribution in [-0.2, 0) is 0 Å². The van der Waals surface area contributed by atoms with E-state index in [1.165, 1.54) is 5.75 Å². The molecule has 1 N–H and O–H groups in total. The van der Waals surface area contributed by atoms with E-state index >= 15 is 0 Å². The number of thioether (sulfide) groups is 1. The third kappa shape index (κ3) is 5.62. The number of aliphatic hydroxyl groups is 1. The number of ether oxygens (including phenoxy) is 1. The second kappa shape index (κ2) is 7.74. The molecule has 1 heterocycles. The standard InChI is InChI=1S/C17H23NO2S/c1-17(2)14-18(9-12-21-17)8-11-20-16-7-3-5-15(13-16)6-4-10-19/h3,5,7,13,19H,8-12,14H2,1-2H3. The zero-order valence-electron chi connectivity index (χ0n) is 12.8. The van der Waals surface area contributed by atoms with Crippen LogP contribution in [-0.4, -0.2) is 53.4 Å². The Hall–Kier alpha value is -1.15. The van der Waals surface area contributed by atoms with E-state index in [0.717, 1.165) is 30.9 Å². The molecule has 3 nitrogen and oxygen atoms in total. The van der Waals surface area contributed by atoms with Gasteiger partial charge in [0.25, 0.3) is 0 Å². The second-order valence-electron chi connectivity index (χ2n) is 5.72. The van der Waals surface area contributed by atoms with Crippen LogP contribution in [0.5, 0.6) is 5.75 Å². The molecule has 4 heteroatoms. The number of aliphatic hydroxyl groups excluding tert-OH is 1. The monoisotopic (exact) mass is 305 g/mol. The van der Waals surface area contributed by atoms with E-state index in [9.17, 15) is 0 Å². The minimum absolute atomic E-state index is 0.117. The van der Waals surface area contributed by atoms with Crippen molar-refractivity contribution in [1.29, 1.82) is 0 Å². The first kappa shape index (κ1) is 16.2. The molecule has 21 heavy (non-hydrogen) atoms. The molecule has 0 atom stereocenters. The van der Waals surface area contributed by atoms with E-state index in [1.807, 2.05) is 36.0 Å². The van der Waals surface area contributed by atoms with Gasteiger partial charge in [0.15, 0.2) is 0 Å². The minimum atomic E-state index is -0.117. The van der Waals surface area contributed by atoms with Crippen LogP contribution >= 0.6 is 11.8 Å². The predicted octanol–water partition coefficient (Wildman–Crippen LogP) is 2.24. The maximum atomic E-state index is 8.71. The SMILES string of the molecule is CC1(C)CN(CCOc2cccc(C#CCO)c2)CCS1. The van der Waals surface area contributed by atoms with E-state index in [2.05, 4.69) is 30.6 Å². The summed E-state index contributed by atoms with van der Waals surface area (Å²) in [7, 11) is 0. The van der Waals surface area contributed by atoms with Gasteiger partial charge >= 0.3 is 0 Å². The molecule has 1 aliphatic heterocycles. The zero-order valence-corrected chi connectivity index (χ0v) is 13.6. The third-order valence-electron chi connectivity index (χ3n) is 3.33. The van der Waals surface area contributed by atoms with Gasteiger partial charge in [-0.25, -0.2) is 0 Å². The van der Waals surface area contributed by atoms with Gasteiger partial charge in [0.05, 0.1) is 0 Å². The molecule has 0 bridgehead atoms. The smallest absolute Gasteiger partial charge is 0.120 e. The van der Waals surface area contributed by atoms with Crippen molar-refractivity contribution in [3.05, 3.63) is 29.8 Å². The Balaban J connectivity index is 1.80. The highest BCUT2D eigenvalue weighted by Gasteiger charge is 2.26. The molecule has 114 valence electrons. The van der Waals surface area contributed by atoms with Gasteiger partial charge in [-0.15, -0.1) is 0 Å². The average Bonchev–Trinajstić information content (AvgIpc) is 2.45. The largest absolute Gasteiger partial charge is 0.492 e. The summed E-state index contributed by atoms with van der Waals surface area (Å²) in [4.78, 5) is 2.46. The molecule has 0 aliphatic carbocycles. The molecule has 0 radical (unpaired) electrons. The van der Waals surface area contributed by atoms with Crippen molar-refractivity contribution in [1.82, 2.24) is 4.90 Å². The molecule has 0 aromatic heterocycles. The normalized spacial score (nSPS) is 17.9. The molecule has 1 saturated heterocycles. The summed E-state index contributed by atoms with van der Waals surface area (Å²) in [5.41, 5.74) is 0.872. The zero-order chi connectivity index (χ0) is 15.1. The van der Waals surface area contributed by atoms with Crippen LogP contribution in [0.3, 0.4) is 0 Å². The number of rotatable bonds is 4. The molecule has 0 unspecified atom stereocenters. The third-order valence-corrected chi connectivity index (χ3v) is 4.62. The van der Waals surface area contributed by atoms with Crippen molar-refractivity contribution < 1.29 is 9.84 Å². The van der Waals surface area contributed by atoms with Crippen LogP contribution in [0.25, 0.3) is 0 Å². The fourth-order valence-corrected chi connectivity index (χ4v) is 3.58. The average molecular weight is 305 g/mol. The summed E-state index contributed by atoms with van der Waals surface area (Å²) in [6.07, 6.45) is 0. The maximum Gasteiger partial charge on any atom is 0.120 e. The Bertz CT molecular complexity index is 519. The van der Waals surface area contributed by atoms with Crippen LogP contribution in [0.4, 0.5) is 0 Å². The van der Waals surface area contributed by atoms with Crippen molar-refractivity contribution in [2.24, 2.45) is 0 Å². The Kier molecular flexibility index (Phi) is 5.98. The summed E-state index contributed by atoms with van der Waals surface area (Å²) in [6.45, 7) is 8.38. The van der Waals surface area contributed by atoms with Crippen LogP contribution < -0.4 is 4.74 Å². The molecular formula is C17H23NO2S. The molecule has 0 saturated carbocycles. The highest BCUT2D eigenvalue weighted by atomic mass is 32.2. The highest BCUT2D eigenvalue weighted by molar-refractivity contribution is 8.00. The summed E-state index contributed by atoms with van der Waals surface area (Å²) < 4.78 is 6.16. The van der Waals surface area contributed by atoms with E-state index < -0.39 is 0 Å². The number of nitrogens with zero attached hydrogens (tertiary/aromatic N) is 1. The van der Waals surface area contributed by atoms with Gasteiger partial charge in [-0.2, -0.15) is 11.8 Å². The van der Waals surface area contributed by atoms with E-state index in [1.54, 1.807) is 0 Å². The van der Waals surface area contributed by atoms with Gasteiger partial charge in [-0.05, 0) is 32.0 Å². The van der Waals surface area contributed by atoms with E-state index in [-0.39, 0.29) is 6.61 Å². The van der Waals surface area contributed by atoms with Crippen LogP contribution in [0.15, 0.2) is 24.3 Å². The lowest BCUT2D eigenvalue weighted by Crippen LogP contribution is -2.44. The molecule has 2 rings (SSSR count). The lowest BCUT2D eigenvalue weighted by Gasteiger charge is -2.37. The first-order valence-electron chi connectivity index (χ1n) is 7.28. The molecule has 1 aliphatic rings. The fraction of sp³-hybridized carbons (Fsp3) is 0.529. The van der Waals surface area contributed by atoms with Crippen molar-refractivity contribution >= 4 is 11.8 Å². The number of hydrogen-bond donors (Lipinski definition) is 1. The predicted molar refractivity (Wildman–Crippen MR) is 88.9 cm³/mol.